The van der Waals surface area contributed by atoms with Crippen molar-refractivity contribution in [1.82, 2.24) is 0 Å². The van der Waals surface area contributed by atoms with Gasteiger partial charge in [0, 0.05) is 5.69 Å². The zero-order valence-corrected chi connectivity index (χ0v) is 17.9. The first-order chi connectivity index (χ1) is 14.2. The highest BCUT2D eigenvalue weighted by Gasteiger charge is 2.16. The highest BCUT2D eigenvalue weighted by Crippen LogP contribution is 2.22. The Labute approximate surface area is 177 Å². The summed E-state index contributed by atoms with van der Waals surface area (Å²) in [6, 6.07) is 19.0. The molecule has 3 aromatic carbocycles. The van der Waals surface area contributed by atoms with Gasteiger partial charge in [-0.2, -0.15) is 0 Å². The number of sulfonamides is 1. The third-order valence-electron chi connectivity index (χ3n) is 4.54. The molecule has 3 rings (SSSR count). The number of anilines is 2. The van der Waals surface area contributed by atoms with Crippen LogP contribution in [0.1, 0.15) is 16.7 Å². The Morgan fingerprint density at radius 3 is 2.30 bits per heavy atom. The van der Waals surface area contributed by atoms with E-state index in [1.165, 1.54) is 12.1 Å². The minimum absolute atomic E-state index is 0.109. The molecule has 0 spiro atoms. The molecule has 0 unspecified atom stereocenters. The zero-order valence-electron chi connectivity index (χ0n) is 17.1. The lowest BCUT2D eigenvalue weighted by Gasteiger charge is -2.12. The zero-order chi connectivity index (χ0) is 21.7. The number of carbonyl (C=O) groups excluding carboxylic acids is 1. The number of carbonyl (C=O) groups is 1. The quantitative estimate of drug-likeness (QED) is 0.588. The Balaban J connectivity index is 1.63. The van der Waals surface area contributed by atoms with Crippen LogP contribution in [0.25, 0.3) is 0 Å². The van der Waals surface area contributed by atoms with E-state index in [1.54, 1.807) is 24.3 Å². The molecular weight excluding hydrogens is 400 g/mol. The summed E-state index contributed by atoms with van der Waals surface area (Å²) < 4.78 is 33.5. The van der Waals surface area contributed by atoms with Crippen molar-refractivity contribution in [2.75, 3.05) is 16.6 Å². The van der Waals surface area contributed by atoms with E-state index in [1.807, 2.05) is 51.1 Å². The molecule has 2 N–H and O–H groups in total. The number of hydrogen-bond acceptors (Lipinski definition) is 4. The first-order valence-corrected chi connectivity index (χ1v) is 10.9. The first kappa shape index (κ1) is 21.4. The van der Waals surface area contributed by atoms with Crippen LogP contribution in [0.5, 0.6) is 5.75 Å². The topological polar surface area (TPSA) is 84.5 Å². The van der Waals surface area contributed by atoms with Crippen molar-refractivity contribution in [3.05, 3.63) is 83.4 Å². The van der Waals surface area contributed by atoms with Gasteiger partial charge in [-0.3, -0.25) is 9.52 Å². The number of para-hydroxylation sites is 1. The second-order valence-corrected chi connectivity index (χ2v) is 8.73. The van der Waals surface area contributed by atoms with Crippen LogP contribution in [0.3, 0.4) is 0 Å². The smallest absolute Gasteiger partial charge is 0.262 e. The summed E-state index contributed by atoms with van der Waals surface area (Å²) in [7, 11) is -3.74. The van der Waals surface area contributed by atoms with Crippen LogP contribution in [0.2, 0.25) is 0 Å². The van der Waals surface area contributed by atoms with Crippen molar-refractivity contribution in [2.45, 2.75) is 25.7 Å². The summed E-state index contributed by atoms with van der Waals surface area (Å²) in [5.41, 5.74) is 3.77. The number of benzene rings is 3. The lowest BCUT2D eigenvalue weighted by Crippen LogP contribution is -2.20. The fourth-order valence-corrected chi connectivity index (χ4v) is 3.95. The average Bonchev–Trinajstić information content (AvgIpc) is 2.70. The number of rotatable bonds is 7. The summed E-state index contributed by atoms with van der Waals surface area (Å²) in [5.74, 6) is 0.314. The van der Waals surface area contributed by atoms with Gasteiger partial charge in [0.25, 0.3) is 15.9 Å². The molecule has 0 radical (unpaired) electrons. The third kappa shape index (κ3) is 5.39. The van der Waals surface area contributed by atoms with E-state index in [2.05, 4.69) is 10.0 Å². The molecule has 156 valence electrons. The minimum atomic E-state index is -3.74. The maximum atomic E-state index is 12.7. The standard InChI is InChI=1S/C23H24N2O4S/c1-16-8-9-17(2)21(14-16)25-30(27,28)20-12-10-19(11-13-20)24-23(26)15-29-22-7-5-4-6-18(22)3/h4-14,25H,15H2,1-3H3,(H,24,26). The van der Waals surface area contributed by atoms with Crippen molar-refractivity contribution in [1.29, 1.82) is 0 Å². The molecule has 0 saturated heterocycles. The Bertz CT molecular complexity index is 1160. The predicted molar refractivity (Wildman–Crippen MR) is 118 cm³/mol. The van der Waals surface area contributed by atoms with Gasteiger partial charge in [-0.15, -0.1) is 0 Å². The Morgan fingerprint density at radius 1 is 0.900 bits per heavy atom. The monoisotopic (exact) mass is 424 g/mol. The number of aryl methyl sites for hydroxylation is 3. The van der Waals surface area contributed by atoms with Crippen molar-refractivity contribution in [3.8, 4) is 5.75 Å². The Kier molecular flexibility index (Phi) is 6.42. The van der Waals surface area contributed by atoms with E-state index >= 15 is 0 Å². The van der Waals surface area contributed by atoms with E-state index in [-0.39, 0.29) is 17.4 Å². The molecule has 0 aliphatic carbocycles. The van der Waals surface area contributed by atoms with Crippen molar-refractivity contribution in [2.24, 2.45) is 0 Å². The highest BCUT2D eigenvalue weighted by atomic mass is 32.2. The number of hydrogen-bond donors (Lipinski definition) is 2. The van der Waals surface area contributed by atoms with Gasteiger partial charge in [0.15, 0.2) is 6.61 Å². The van der Waals surface area contributed by atoms with Crippen LogP contribution in [0.15, 0.2) is 71.6 Å². The molecule has 0 aliphatic rings. The maximum absolute atomic E-state index is 12.7. The molecule has 3 aromatic rings. The molecule has 0 atom stereocenters. The molecule has 0 fully saturated rings. The molecular formula is C23H24N2O4S. The van der Waals surface area contributed by atoms with Crippen LogP contribution in [-0.2, 0) is 14.8 Å². The molecule has 0 bridgehead atoms. The SMILES string of the molecule is Cc1ccc(C)c(NS(=O)(=O)c2ccc(NC(=O)COc3ccccc3C)cc2)c1. The highest BCUT2D eigenvalue weighted by molar-refractivity contribution is 7.92. The molecule has 1 amide bonds. The average molecular weight is 425 g/mol. The predicted octanol–water partition coefficient (Wildman–Crippen LogP) is 4.43. The molecule has 6 nitrogen and oxygen atoms in total. The van der Waals surface area contributed by atoms with Gasteiger partial charge < -0.3 is 10.1 Å². The first-order valence-electron chi connectivity index (χ1n) is 9.43. The Hall–Kier alpha value is -3.32. The van der Waals surface area contributed by atoms with Crippen molar-refractivity contribution >= 4 is 27.3 Å². The summed E-state index contributed by atoms with van der Waals surface area (Å²) >= 11 is 0. The van der Waals surface area contributed by atoms with Gasteiger partial charge in [-0.25, -0.2) is 8.42 Å². The number of amides is 1. The van der Waals surface area contributed by atoms with Gasteiger partial charge in [0.2, 0.25) is 0 Å². The van der Waals surface area contributed by atoms with Crippen LogP contribution in [-0.4, -0.2) is 20.9 Å². The molecule has 0 saturated carbocycles. The van der Waals surface area contributed by atoms with Crippen molar-refractivity contribution < 1.29 is 17.9 Å². The normalized spacial score (nSPS) is 11.0. The fourth-order valence-electron chi connectivity index (χ4n) is 2.83. The van der Waals surface area contributed by atoms with Crippen LogP contribution < -0.4 is 14.8 Å². The summed E-state index contributed by atoms with van der Waals surface area (Å²) in [4.78, 5) is 12.2. The molecule has 0 heterocycles. The van der Waals surface area contributed by atoms with Crippen molar-refractivity contribution in [3.63, 3.8) is 0 Å². The second-order valence-electron chi connectivity index (χ2n) is 7.05. The van der Waals surface area contributed by atoms with E-state index in [0.717, 1.165) is 16.7 Å². The van der Waals surface area contributed by atoms with E-state index < -0.39 is 10.0 Å². The van der Waals surface area contributed by atoms with E-state index in [0.29, 0.717) is 17.1 Å². The summed E-state index contributed by atoms with van der Waals surface area (Å²) in [5, 5.41) is 2.70. The lowest BCUT2D eigenvalue weighted by atomic mass is 10.1. The minimum Gasteiger partial charge on any atom is -0.483 e. The van der Waals surface area contributed by atoms with Crippen LogP contribution in [0.4, 0.5) is 11.4 Å². The fraction of sp³-hybridized carbons (Fsp3) is 0.174. The van der Waals surface area contributed by atoms with Gasteiger partial charge >= 0.3 is 0 Å². The Morgan fingerprint density at radius 2 is 1.60 bits per heavy atom. The molecule has 30 heavy (non-hydrogen) atoms. The molecule has 0 aliphatic heterocycles. The van der Waals surface area contributed by atoms with E-state index in [9.17, 15) is 13.2 Å². The van der Waals surface area contributed by atoms with Gasteiger partial charge in [-0.1, -0.05) is 30.3 Å². The van der Waals surface area contributed by atoms with Gasteiger partial charge in [0.1, 0.15) is 5.75 Å². The largest absolute Gasteiger partial charge is 0.483 e. The number of nitrogens with one attached hydrogen (secondary N) is 2. The van der Waals surface area contributed by atoms with Crippen LogP contribution >= 0.6 is 0 Å². The van der Waals surface area contributed by atoms with Crippen LogP contribution in [0, 0.1) is 20.8 Å². The van der Waals surface area contributed by atoms with Gasteiger partial charge in [0.05, 0.1) is 10.6 Å². The second kappa shape index (κ2) is 9.00. The van der Waals surface area contributed by atoms with E-state index in [4.69, 9.17) is 4.74 Å². The molecule has 7 heteroatoms. The lowest BCUT2D eigenvalue weighted by molar-refractivity contribution is -0.118. The third-order valence-corrected chi connectivity index (χ3v) is 5.92. The maximum Gasteiger partial charge on any atom is 0.262 e. The van der Waals surface area contributed by atoms with Gasteiger partial charge in [-0.05, 0) is 73.9 Å². The molecule has 0 aromatic heterocycles. The number of ether oxygens (including phenoxy) is 1. The summed E-state index contributed by atoms with van der Waals surface area (Å²) in [6.07, 6.45) is 0. The summed E-state index contributed by atoms with van der Waals surface area (Å²) in [6.45, 7) is 5.50.